The summed E-state index contributed by atoms with van der Waals surface area (Å²) in [4.78, 5) is 20.4. The predicted octanol–water partition coefficient (Wildman–Crippen LogP) is 4.31. The summed E-state index contributed by atoms with van der Waals surface area (Å²) in [5, 5.41) is 5.52. The average Bonchev–Trinajstić information content (AvgIpc) is 2.65. The molecule has 0 fully saturated rings. The molecule has 132 valence electrons. The van der Waals surface area contributed by atoms with E-state index in [4.69, 9.17) is 0 Å². The quantitative estimate of drug-likeness (QED) is 0.716. The second-order valence-electron chi connectivity index (χ2n) is 5.50. The zero-order chi connectivity index (χ0) is 18.5. The molecule has 1 amide bonds. The molecular formula is C19H16F2N4O. The molecule has 0 atom stereocenters. The number of hydrogen-bond acceptors (Lipinski definition) is 4. The molecule has 0 spiro atoms. The predicted molar refractivity (Wildman–Crippen MR) is 95.4 cm³/mol. The number of carbonyl (C=O) groups excluding carboxylic acids is 1. The number of para-hydroxylation sites is 1. The summed E-state index contributed by atoms with van der Waals surface area (Å²) in [6, 6.07) is 12.0. The van der Waals surface area contributed by atoms with E-state index in [1.54, 1.807) is 0 Å². The Morgan fingerprint density at radius 3 is 2.62 bits per heavy atom. The minimum Gasteiger partial charge on any atom is -0.338 e. The van der Waals surface area contributed by atoms with E-state index >= 15 is 0 Å². The molecule has 5 nitrogen and oxygen atoms in total. The van der Waals surface area contributed by atoms with Crippen LogP contribution in [0.3, 0.4) is 0 Å². The third-order valence-corrected chi connectivity index (χ3v) is 3.74. The van der Waals surface area contributed by atoms with E-state index in [0.717, 1.165) is 24.1 Å². The molecule has 0 saturated carbocycles. The van der Waals surface area contributed by atoms with Gasteiger partial charge in [0.2, 0.25) is 0 Å². The summed E-state index contributed by atoms with van der Waals surface area (Å²) in [5.74, 6) is -1.62. The number of carbonyl (C=O) groups is 1. The van der Waals surface area contributed by atoms with Crippen LogP contribution in [0.15, 0.2) is 54.9 Å². The largest absolute Gasteiger partial charge is 0.338 e. The Hall–Kier alpha value is -3.35. The second kappa shape index (κ2) is 7.69. The fourth-order valence-electron chi connectivity index (χ4n) is 2.42. The zero-order valence-electron chi connectivity index (χ0n) is 14.0. The van der Waals surface area contributed by atoms with Crippen molar-refractivity contribution in [2.24, 2.45) is 0 Å². The second-order valence-corrected chi connectivity index (χ2v) is 5.50. The molecule has 0 aliphatic heterocycles. The van der Waals surface area contributed by atoms with Crippen LogP contribution in [0.5, 0.6) is 0 Å². The van der Waals surface area contributed by atoms with Crippen LogP contribution in [0.2, 0.25) is 0 Å². The molecule has 7 heteroatoms. The lowest BCUT2D eigenvalue weighted by atomic mass is 10.1. The lowest BCUT2D eigenvalue weighted by Crippen LogP contribution is -2.15. The normalized spacial score (nSPS) is 10.4. The minimum absolute atomic E-state index is 0.0489. The highest BCUT2D eigenvalue weighted by Crippen LogP contribution is 2.20. The van der Waals surface area contributed by atoms with Gasteiger partial charge < -0.3 is 10.6 Å². The Morgan fingerprint density at radius 1 is 1.04 bits per heavy atom. The molecule has 1 aromatic heterocycles. The van der Waals surface area contributed by atoms with Crippen molar-refractivity contribution in [3.05, 3.63) is 77.8 Å². The molecule has 0 unspecified atom stereocenters. The number of aromatic nitrogens is 2. The number of nitrogens with zero attached hydrogens (tertiary/aromatic N) is 2. The van der Waals surface area contributed by atoms with Crippen molar-refractivity contribution in [3.8, 4) is 0 Å². The van der Waals surface area contributed by atoms with Crippen molar-refractivity contribution >= 4 is 23.1 Å². The van der Waals surface area contributed by atoms with E-state index in [2.05, 4.69) is 20.6 Å². The molecule has 0 radical (unpaired) electrons. The van der Waals surface area contributed by atoms with Crippen LogP contribution in [-0.4, -0.2) is 15.9 Å². The van der Waals surface area contributed by atoms with E-state index in [9.17, 15) is 13.6 Å². The van der Waals surface area contributed by atoms with Gasteiger partial charge in [-0.3, -0.25) is 4.79 Å². The Morgan fingerprint density at radius 2 is 1.85 bits per heavy atom. The summed E-state index contributed by atoms with van der Waals surface area (Å²) >= 11 is 0. The third-order valence-electron chi connectivity index (χ3n) is 3.74. The number of rotatable bonds is 5. The minimum atomic E-state index is -0.758. The molecule has 1 heterocycles. The summed E-state index contributed by atoms with van der Waals surface area (Å²) in [7, 11) is 0. The van der Waals surface area contributed by atoms with Crippen LogP contribution >= 0.6 is 0 Å². The molecule has 3 rings (SSSR count). The maximum absolute atomic E-state index is 13.7. The van der Waals surface area contributed by atoms with Gasteiger partial charge in [0.15, 0.2) is 0 Å². The fourth-order valence-corrected chi connectivity index (χ4v) is 2.42. The van der Waals surface area contributed by atoms with Crippen molar-refractivity contribution in [2.75, 3.05) is 10.6 Å². The summed E-state index contributed by atoms with van der Waals surface area (Å²) in [5.41, 5.74) is 1.88. The number of aryl methyl sites for hydroxylation is 1. The van der Waals surface area contributed by atoms with Gasteiger partial charge in [0, 0.05) is 17.8 Å². The van der Waals surface area contributed by atoms with Gasteiger partial charge in [0.05, 0.1) is 5.69 Å². The molecule has 0 aliphatic rings. The maximum Gasteiger partial charge on any atom is 0.274 e. The van der Waals surface area contributed by atoms with Gasteiger partial charge in [-0.05, 0) is 30.2 Å². The van der Waals surface area contributed by atoms with Crippen molar-refractivity contribution < 1.29 is 13.6 Å². The standard InChI is InChI=1S/C19H16F2N4O/c1-2-12-5-3-4-6-15(12)25-19(26)17-10-18(23-11-22-17)24-16-8-7-13(20)9-14(16)21/h3-11H,2H2,1H3,(H,25,26)(H,22,23,24). The van der Waals surface area contributed by atoms with Crippen LogP contribution in [0, 0.1) is 11.6 Å². The van der Waals surface area contributed by atoms with Gasteiger partial charge in [0.25, 0.3) is 5.91 Å². The number of hydrogen-bond donors (Lipinski definition) is 2. The smallest absolute Gasteiger partial charge is 0.274 e. The molecular weight excluding hydrogens is 338 g/mol. The van der Waals surface area contributed by atoms with Gasteiger partial charge in [-0.25, -0.2) is 18.7 Å². The van der Waals surface area contributed by atoms with Crippen molar-refractivity contribution in [3.63, 3.8) is 0 Å². The lowest BCUT2D eigenvalue weighted by molar-refractivity contribution is 0.102. The van der Waals surface area contributed by atoms with Gasteiger partial charge in [-0.15, -0.1) is 0 Å². The topological polar surface area (TPSA) is 66.9 Å². The number of amides is 1. The van der Waals surface area contributed by atoms with Crippen molar-refractivity contribution in [1.29, 1.82) is 0 Å². The van der Waals surface area contributed by atoms with E-state index < -0.39 is 17.5 Å². The van der Waals surface area contributed by atoms with Crippen LogP contribution in [-0.2, 0) is 6.42 Å². The number of halogens is 2. The molecule has 0 bridgehead atoms. The van der Waals surface area contributed by atoms with Crippen molar-refractivity contribution in [1.82, 2.24) is 9.97 Å². The van der Waals surface area contributed by atoms with E-state index in [0.29, 0.717) is 5.69 Å². The van der Waals surface area contributed by atoms with Gasteiger partial charge in [-0.1, -0.05) is 25.1 Å². The lowest BCUT2D eigenvalue weighted by Gasteiger charge is -2.10. The maximum atomic E-state index is 13.7. The van der Waals surface area contributed by atoms with Gasteiger partial charge in [0.1, 0.15) is 29.5 Å². The molecule has 2 aromatic carbocycles. The molecule has 26 heavy (non-hydrogen) atoms. The molecule has 2 N–H and O–H groups in total. The monoisotopic (exact) mass is 354 g/mol. The first-order chi connectivity index (χ1) is 12.6. The number of anilines is 3. The summed E-state index contributed by atoms with van der Waals surface area (Å²) in [6.07, 6.45) is 1.97. The molecule has 0 aliphatic carbocycles. The van der Waals surface area contributed by atoms with Crippen molar-refractivity contribution in [2.45, 2.75) is 13.3 Å². The average molecular weight is 354 g/mol. The zero-order valence-corrected chi connectivity index (χ0v) is 14.0. The fraction of sp³-hybridized carbons (Fsp3) is 0.105. The van der Waals surface area contributed by atoms with Gasteiger partial charge >= 0.3 is 0 Å². The first-order valence-electron chi connectivity index (χ1n) is 8.00. The summed E-state index contributed by atoms with van der Waals surface area (Å²) in [6.45, 7) is 1.99. The van der Waals surface area contributed by atoms with Gasteiger partial charge in [-0.2, -0.15) is 0 Å². The highest BCUT2D eigenvalue weighted by atomic mass is 19.1. The summed E-state index contributed by atoms with van der Waals surface area (Å²) < 4.78 is 26.7. The Labute approximate surface area is 149 Å². The Bertz CT molecular complexity index is 946. The highest BCUT2D eigenvalue weighted by molar-refractivity contribution is 6.03. The molecule has 0 saturated heterocycles. The van der Waals surface area contributed by atoms with Crippen LogP contribution in [0.4, 0.5) is 26.0 Å². The Balaban J connectivity index is 1.79. The molecule has 3 aromatic rings. The van der Waals surface area contributed by atoms with Crippen LogP contribution < -0.4 is 10.6 Å². The first-order valence-corrected chi connectivity index (χ1v) is 8.00. The van der Waals surface area contributed by atoms with Crippen LogP contribution in [0.25, 0.3) is 0 Å². The first kappa shape index (κ1) is 17.5. The Kier molecular flexibility index (Phi) is 5.17. The van der Waals surface area contributed by atoms with E-state index in [-0.39, 0.29) is 17.2 Å². The van der Waals surface area contributed by atoms with Crippen LogP contribution in [0.1, 0.15) is 23.0 Å². The number of benzene rings is 2. The SMILES string of the molecule is CCc1ccccc1NC(=O)c1cc(Nc2ccc(F)cc2F)ncn1. The van der Waals surface area contributed by atoms with E-state index in [1.807, 2.05) is 31.2 Å². The highest BCUT2D eigenvalue weighted by Gasteiger charge is 2.12. The third kappa shape index (κ3) is 4.00. The number of nitrogens with one attached hydrogen (secondary N) is 2. The van der Waals surface area contributed by atoms with E-state index in [1.165, 1.54) is 18.5 Å².